The Bertz CT molecular complexity index is 718. The van der Waals surface area contributed by atoms with E-state index in [1.54, 1.807) is 12.3 Å². The van der Waals surface area contributed by atoms with Crippen molar-refractivity contribution in [2.75, 3.05) is 6.54 Å². The van der Waals surface area contributed by atoms with E-state index >= 15 is 0 Å². The van der Waals surface area contributed by atoms with Crippen molar-refractivity contribution in [3.8, 4) is 0 Å². The summed E-state index contributed by atoms with van der Waals surface area (Å²) in [6.07, 6.45) is 5.51. The summed E-state index contributed by atoms with van der Waals surface area (Å²) in [6.45, 7) is 2.73. The number of carbonyl (C=O) groups is 1. The average Bonchev–Trinajstić information content (AvgIpc) is 2.54. The number of nitrogens with zero attached hydrogens (tertiary/aromatic N) is 2. The molecule has 0 radical (unpaired) electrons. The molecule has 23 heavy (non-hydrogen) atoms. The molecule has 1 amide bonds. The van der Waals surface area contributed by atoms with Gasteiger partial charge < -0.3 is 4.90 Å². The summed E-state index contributed by atoms with van der Waals surface area (Å²) in [7, 11) is 0. The Hall–Kier alpha value is -1.58. The van der Waals surface area contributed by atoms with Gasteiger partial charge in [0.2, 0.25) is 5.91 Å². The van der Waals surface area contributed by atoms with Crippen LogP contribution in [0.4, 0.5) is 0 Å². The molecule has 1 aliphatic heterocycles. The molecule has 0 saturated carbocycles. The first-order valence-corrected chi connectivity index (χ1v) is 8.48. The van der Waals surface area contributed by atoms with Gasteiger partial charge in [-0.15, -0.1) is 0 Å². The zero-order valence-electron chi connectivity index (χ0n) is 12.9. The number of carbonyl (C=O) groups excluding carboxylic acids is 1. The number of fused-ring (bicyclic) bond motifs is 1. The van der Waals surface area contributed by atoms with Gasteiger partial charge in [-0.05, 0) is 54.7 Å². The van der Waals surface area contributed by atoms with Crippen LogP contribution in [0.3, 0.4) is 0 Å². The molecule has 1 aromatic heterocycles. The summed E-state index contributed by atoms with van der Waals surface area (Å²) < 4.78 is 0. The summed E-state index contributed by atoms with van der Waals surface area (Å²) in [4.78, 5) is 18.6. The number of aromatic nitrogens is 1. The second-order valence-corrected chi connectivity index (χ2v) is 6.67. The zero-order chi connectivity index (χ0) is 16.4. The van der Waals surface area contributed by atoms with Crippen molar-refractivity contribution >= 4 is 29.1 Å². The lowest BCUT2D eigenvalue weighted by atomic mass is 9.93. The molecule has 1 aromatic carbocycles. The topological polar surface area (TPSA) is 33.2 Å². The van der Waals surface area contributed by atoms with Crippen molar-refractivity contribution < 1.29 is 4.79 Å². The highest BCUT2D eigenvalue weighted by molar-refractivity contribution is 6.35. The first kappa shape index (κ1) is 16.3. The highest BCUT2D eigenvalue weighted by Gasteiger charge is 2.28. The van der Waals surface area contributed by atoms with Crippen molar-refractivity contribution in [3.05, 3.63) is 63.4 Å². The first-order valence-electron chi connectivity index (χ1n) is 7.72. The Balaban J connectivity index is 1.73. The summed E-state index contributed by atoms with van der Waals surface area (Å²) in [5, 5.41) is 1.31. The maximum atomic E-state index is 12.6. The molecule has 0 unspecified atom stereocenters. The second kappa shape index (κ2) is 6.90. The molecular weight excluding hydrogens is 331 g/mol. The molecular formula is C18H18Cl2N2O. The predicted octanol–water partition coefficient (Wildman–Crippen LogP) is 4.47. The third-order valence-corrected chi connectivity index (χ3v) is 4.94. The normalized spacial score (nSPS) is 17.0. The lowest BCUT2D eigenvalue weighted by Gasteiger charge is -2.36. The number of aryl methyl sites for hydroxylation is 1. The Kier molecular flexibility index (Phi) is 4.88. The number of rotatable bonds is 3. The van der Waals surface area contributed by atoms with Crippen molar-refractivity contribution in [1.29, 1.82) is 0 Å². The van der Waals surface area contributed by atoms with Crippen LogP contribution < -0.4 is 0 Å². The number of hydrogen-bond donors (Lipinski definition) is 0. The van der Waals surface area contributed by atoms with Crippen molar-refractivity contribution in [3.63, 3.8) is 0 Å². The van der Waals surface area contributed by atoms with Crippen LogP contribution in [0.15, 0.2) is 36.7 Å². The van der Waals surface area contributed by atoms with Gasteiger partial charge in [0.05, 0.1) is 6.04 Å². The van der Waals surface area contributed by atoms with E-state index in [1.165, 1.54) is 0 Å². The summed E-state index contributed by atoms with van der Waals surface area (Å²) in [5.74, 6) is 0.156. The molecule has 1 aliphatic rings. The van der Waals surface area contributed by atoms with Gasteiger partial charge in [0.1, 0.15) is 0 Å². The summed E-state index contributed by atoms with van der Waals surface area (Å²) >= 11 is 12.4. The monoisotopic (exact) mass is 348 g/mol. The Morgan fingerprint density at radius 1 is 1.39 bits per heavy atom. The van der Waals surface area contributed by atoms with Crippen LogP contribution in [-0.2, 0) is 17.6 Å². The minimum absolute atomic E-state index is 0.00338. The third-order valence-electron chi connectivity index (χ3n) is 4.39. The third kappa shape index (κ3) is 3.51. The highest BCUT2D eigenvalue weighted by atomic mass is 35.5. The van der Waals surface area contributed by atoms with E-state index < -0.39 is 0 Å². The minimum atomic E-state index is -0.00338. The van der Waals surface area contributed by atoms with Gasteiger partial charge in [-0.25, -0.2) is 0 Å². The quantitative estimate of drug-likeness (QED) is 0.819. The van der Waals surface area contributed by atoms with Crippen LogP contribution in [0.2, 0.25) is 10.0 Å². The fraction of sp³-hybridized carbons (Fsp3) is 0.333. The van der Waals surface area contributed by atoms with Crippen LogP contribution in [0.1, 0.15) is 36.1 Å². The fourth-order valence-corrected chi connectivity index (χ4v) is 3.74. The molecule has 0 aliphatic carbocycles. The lowest BCUT2D eigenvalue weighted by Crippen LogP contribution is -2.39. The molecule has 0 spiro atoms. The molecule has 3 rings (SSSR count). The molecule has 2 aromatic rings. The van der Waals surface area contributed by atoms with Crippen molar-refractivity contribution in [2.24, 2.45) is 0 Å². The van der Waals surface area contributed by atoms with Gasteiger partial charge in [-0.3, -0.25) is 9.78 Å². The maximum absolute atomic E-state index is 12.6. The standard InChI is InChI=1S/C18H18Cl2N2O/c1-12-16-9-14(19)10-17(20)15(16)6-8-22(12)18(23)5-4-13-3-2-7-21-11-13/h2-3,7,9-12H,4-6,8H2,1H3/t12-/m1/s1. The summed E-state index contributed by atoms with van der Waals surface area (Å²) in [5.41, 5.74) is 3.25. The van der Waals surface area contributed by atoms with Gasteiger partial charge in [-0.2, -0.15) is 0 Å². The smallest absolute Gasteiger partial charge is 0.223 e. The Morgan fingerprint density at radius 2 is 2.22 bits per heavy atom. The molecule has 5 heteroatoms. The molecule has 1 atom stereocenters. The Labute approximate surface area is 146 Å². The molecule has 0 N–H and O–H groups in total. The Morgan fingerprint density at radius 3 is 2.96 bits per heavy atom. The van der Waals surface area contributed by atoms with Gasteiger partial charge in [0.25, 0.3) is 0 Å². The lowest BCUT2D eigenvalue weighted by molar-refractivity contribution is -0.133. The second-order valence-electron chi connectivity index (χ2n) is 5.83. The SMILES string of the molecule is C[C@@H]1c2cc(Cl)cc(Cl)c2CCN1C(=O)CCc1cccnc1. The van der Waals surface area contributed by atoms with Crippen LogP contribution in [0, 0.1) is 0 Å². The van der Waals surface area contributed by atoms with Gasteiger partial charge >= 0.3 is 0 Å². The van der Waals surface area contributed by atoms with E-state index in [-0.39, 0.29) is 11.9 Å². The average molecular weight is 349 g/mol. The largest absolute Gasteiger partial charge is 0.336 e. The van der Waals surface area contributed by atoms with Gasteiger partial charge in [-0.1, -0.05) is 29.3 Å². The van der Waals surface area contributed by atoms with E-state index in [2.05, 4.69) is 4.98 Å². The van der Waals surface area contributed by atoms with Crippen molar-refractivity contribution in [1.82, 2.24) is 9.88 Å². The highest BCUT2D eigenvalue weighted by Crippen LogP contribution is 2.36. The summed E-state index contributed by atoms with van der Waals surface area (Å²) in [6, 6.07) is 7.58. The van der Waals surface area contributed by atoms with E-state index in [1.807, 2.05) is 36.2 Å². The van der Waals surface area contributed by atoms with Crippen LogP contribution >= 0.6 is 23.2 Å². The number of hydrogen-bond acceptors (Lipinski definition) is 2. The van der Waals surface area contributed by atoms with E-state index in [9.17, 15) is 4.79 Å². The van der Waals surface area contributed by atoms with E-state index in [0.717, 1.165) is 23.1 Å². The minimum Gasteiger partial charge on any atom is -0.336 e. The van der Waals surface area contributed by atoms with Crippen LogP contribution in [0.25, 0.3) is 0 Å². The van der Waals surface area contributed by atoms with Crippen molar-refractivity contribution in [2.45, 2.75) is 32.2 Å². The number of benzene rings is 1. The molecule has 3 nitrogen and oxygen atoms in total. The maximum Gasteiger partial charge on any atom is 0.223 e. The van der Waals surface area contributed by atoms with E-state index in [0.29, 0.717) is 29.4 Å². The molecule has 0 saturated heterocycles. The molecule has 2 heterocycles. The number of halogens is 2. The van der Waals surface area contributed by atoms with Gasteiger partial charge in [0.15, 0.2) is 0 Å². The number of pyridine rings is 1. The fourth-order valence-electron chi connectivity index (χ4n) is 3.14. The number of amides is 1. The van der Waals surface area contributed by atoms with Crippen LogP contribution in [-0.4, -0.2) is 22.3 Å². The predicted molar refractivity (Wildman–Crippen MR) is 92.9 cm³/mol. The van der Waals surface area contributed by atoms with Gasteiger partial charge in [0, 0.05) is 35.4 Å². The molecule has 0 fully saturated rings. The van der Waals surface area contributed by atoms with E-state index in [4.69, 9.17) is 23.2 Å². The van der Waals surface area contributed by atoms with Crippen LogP contribution in [0.5, 0.6) is 0 Å². The zero-order valence-corrected chi connectivity index (χ0v) is 14.4. The molecule has 0 bridgehead atoms. The molecule has 120 valence electrons. The first-order chi connectivity index (χ1) is 11.1.